The minimum absolute atomic E-state index is 0.0262. The minimum atomic E-state index is -0.854. The summed E-state index contributed by atoms with van der Waals surface area (Å²) in [5.74, 6) is -0.450. The van der Waals surface area contributed by atoms with Crippen molar-refractivity contribution in [3.8, 4) is 11.4 Å². The normalized spacial score (nSPS) is 21.2. The zero-order valence-corrected chi connectivity index (χ0v) is 21.1. The first kappa shape index (κ1) is 25.1. The Balaban J connectivity index is 1.45. The van der Waals surface area contributed by atoms with Crippen LogP contribution >= 0.6 is 11.6 Å². The number of rotatable bonds is 6. The zero-order valence-electron chi connectivity index (χ0n) is 20.4. The van der Waals surface area contributed by atoms with E-state index in [4.69, 9.17) is 16.6 Å². The summed E-state index contributed by atoms with van der Waals surface area (Å²) < 4.78 is 0. The van der Waals surface area contributed by atoms with Crippen LogP contribution in [-0.4, -0.2) is 77.3 Å². The third kappa shape index (κ3) is 5.01. The van der Waals surface area contributed by atoms with Crippen LogP contribution in [0, 0.1) is 0 Å². The fourth-order valence-electron chi connectivity index (χ4n) is 5.14. The topological polar surface area (TPSA) is 148 Å². The number of unbranched alkanes of at least 4 members (excludes halogenated alkanes) is 1. The number of aliphatic hydroxyl groups is 1. The fourth-order valence-corrected chi connectivity index (χ4v) is 5.27. The number of amides is 2. The van der Waals surface area contributed by atoms with Gasteiger partial charge in [0.05, 0.1) is 30.1 Å². The number of aromatic amines is 2. The first-order chi connectivity index (χ1) is 17.9. The van der Waals surface area contributed by atoms with Crippen molar-refractivity contribution in [1.82, 2.24) is 35.2 Å². The van der Waals surface area contributed by atoms with Gasteiger partial charge >= 0.3 is 0 Å². The van der Waals surface area contributed by atoms with Crippen molar-refractivity contribution in [2.45, 2.75) is 57.2 Å². The summed E-state index contributed by atoms with van der Waals surface area (Å²) in [5, 5.41) is 20.8. The summed E-state index contributed by atoms with van der Waals surface area (Å²) >= 11 is 6.02. The fraction of sp³-hybridized carbons (Fsp3) is 0.440. The van der Waals surface area contributed by atoms with E-state index in [0.29, 0.717) is 28.6 Å². The number of hydrogen-bond donors (Lipinski definition) is 3. The van der Waals surface area contributed by atoms with E-state index in [1.807, 2.05) is 0 Å². The van der Waals surface area contributed by atoms with Gasteiger partial charge in [-0.1, -0.05) is 31.4 Å². The maximum absolute atomic E-state index is 13.7. The molecule has 0 bridgehead atoms. The predicted molar refractivity (Wildman–Crippen MR) is 135 cm³/mol. The Hall–Kier alpha value is -3.57. The lowest BCUT2D eigenvalue weighted by Gasteiger charge is -2.36. The molecule has 4 heterocycles. The second kappa shape index (κ2) is 10.4. The van der Waals surface area contributed by atoms with Gasteiger partial charge in [0.1, 0.15) is 11.9 Å². The second-order valence-corrected chi connectivity index (χ2v) is 10.00. The first-order valence-electron chi connectivity index (χ1n) is 12.4. The highest BCUT2D eigenvalue weighted by Gasteiger charge is 2.43. The summed E-state index contributed by atoms with van der Waals surface area (Å²) in [6.07, 6.45) is 3.21. The Morgan fingerprint density at radius 1 is 1.22 bits per heavy atom. The van der Waals surface area contributed by atoms with Crippen LogP contribution in [0.5, 0.6) is 0 Å². The van der Waals surface area contributed by atoms with E-state index in [9.17, 15) is 19.5 Å². The number of nitrogens with zero attached hydrogens (tertiary/aromatic N) is 5. The summed E-state index contributed by atoms with van der Waals surface area (Å²) in [5.41, 5.74) is 1.68. The minimum Gasteiger partial charge on any atom is -0.391 e. The number of β-amino-alcohol motifs (C(OH)–C–C–N with tert-alkyl or cyclic N) is 1. The van der Waals surface area contributed by atoms with Gasteiger partial charge in [-0.25, -0.2) is 4.98 Å². The van der Waals surface area contributed by atoms with E-state index in [2.05, 4.69) is 27.3 Å². The lowest BCUT2D eigenvalue weighted by atomic mass is 9.90. The van der Waals surface area contributed by atoms with Gasteiger partial charge in [-0.2, -0.15) is 15.4 Å². The van der Waals surface area contributed by atoms with Gasteiger partial charge < -0.3 is 19.9 Å². The highest BCUT2D eigenvalue weighted by Crippen LogP contribution is 2.32. The van der Waals surface area contributed by atoms with Gasteiger partial charge in [-0.3, -0.25) is 14.4 Å². The van der Waals surface area contributed by atoms with Crippen molar-refractivity contribution in [2.75, 3.05) is 13.1 Å². The van der Waals surface area contributed by atoms with E-state index in [-0.39, 0.29) is 42.6 Å². The Morgan fingerprint density at radius 2 is 2.00 bits per heavy atom. The zero-order chi connectivity index (χ0) is 26.1. The van der Waals surface area contributed by atoms with Crippen molar-refractivity contribution >= 4 is 23.4 Å². The molecule has 12 heteroatoms. The van der Waals surface area contributed by atoms with Gasteiger partial charge in [0.15, 0.2) is 5.69 Å². The van der Waals surface area contributed by atoms with Crippen molar-refractivity contribution in [2.24, 2.45) is 0 Å². The predicted octanol–water partition coefficient (Wildman–Crippen LogP) is 2.10. The molecule has 0 spiro atoms. The number of H-pyrrole nitrogens is 2. The molecular formula is C25H28ClN7O4. The van der Waals surface area contributed by atoms with Crippen LogP contribution in [-0.2, 0) is 11.3 Å². The molecule has 37 heavy (non-hydrogen) atoms. The monoisotopic (exact) mass is 525 g/mol. The summed E-state index contributed by atoms with van der Waals surface area (Å²) in [4.78, 5) is 50.6. The molecule has 1 unspecified atom stereocenters. The SMILES string of the molecule is CCCCC1CN(C(=O)[C@@H]2C[C@@H](O)CN2C(=O)c2cn[nH]n2)Cc2c1nc(-c1ccc(Cl)cc1)[nH]c2=O. The molecule has 5 rings (SSSR count). The molecule has 1 aromatic carbocycles. The Labute approximate surface area is 217 Å². The summed E-state index contributed by atoms with van der Waals surface area (Å²) in [6.45, 7) is 2.57. The van der Waals surface area contributed by atoms with Gasteiger partial charge in [-0.05, 0) is 30.7 Å². The van der Waals surface area contributed by atoms with Crippen LogP contribution in [0.25, 0.3) is 11.4 Å². The molecule has 194 valence electrons. The second-order valence-electron chi connectivity index (χ2n) is 9.56. The number of aliphatic hydroxyl groups excluding tert-OH is 1. The molecule has 1 saturated heterocycles. The summed E-state index contributed by atoms with van der Waals surface area (Å²) in [7, 11) is 0. The van der Waals surface area contributed by atoms with E-state index in [0.717, 1.165) is 24.8 Å². The molecule has 0 aliphatic carbocycles. The Bertz CT molecular complexity index is 1340. The van der Waals surface area contributed by atoms with E-state index in [1.54, 1.807) is 29.2 Å². The molecule has 3 atom stereocenters. The molecule has 2 aliphatic heterocycles. The number of carbonyl (C=O) groups excluding carboxylic acids is 2. The van der Waals surface area contributed by atoms with Crippen LogP contribution in [0.3, 0.4) is 0 Å². The molecular weight excluding hydrogens is 498 g/mol. The van der Waals surface area contributed by atoms with E-state index in [1.165, 1.54) is 11.1 Å². The van der Waals surface area contributed by atoms with Crippen LogP contribution in [0.15, 0.2) is 35.3 Å². The van der Waals surface area contributed by atoms with E-state index >= 15 is 0 Å². The number of aromatic nitrogens is 5. The Kier molecular flexibility index (Phi) is 7.07. The van der Waals surface area contributed by atoms with Crippen LogP contribution < -0.4 is 5.56 Å². The maximum Gasteiger partial charge on any atom is 0.276 e. The summed E-state index contributed by atoms with van der Waals surface area (Å²) in [6, 6.07) is 6.24. The van der Waals surface area contributed by atoms with E-state index < -0.39 is 18.1 Å². The lowest BCUT2D eigenvalue weighted by molar-refractivity contribution is -0.136. The molecule has 2 aromatic heterocycles. The lowest BCUT2D eigenvalue weighted by Crippen LogP contribution is -2.50. The van der Waals surface area contributed by atoms with Crippen LogP contribution in [0.2, 0.25) is 5.02 Å². The highest BCUT2D eigenvalue weighted by molar-refractivity contribution is 6.30. The molecule has 3 N–H and O–H groups in total. The van der Waals surface area contributed by atoms with Gasteiger partial charge in [0.25, 0.3) is 11.5 Å². The molecule has 11 nitrogen and oxygen atoms in total. The molecule has 1 fully saturated rings. The first-order valence-corrected chi connectivity index (χ1v) is 12.8. The third-order valence-electron chi connectivity index (χ3n) is 7.02. The molecule has 2 aliphatic rings. The van der Waals surface area contributed by atoms with Crippen molar-refractivity contribution in [3.63, 3.8) is 0 Å². The number of benzene rings is 1. The number of fused-ring (bicyclic) bond motifs is 1. The molecule has 3 aromatic rings. The number of hydrogen-bond acceptors (Lipinski definition) is 7. The van der Waals surface area contributed by atoms with Gasteiger partial charge in [0, 0.05) is 36.0 Å². The maximum atomic E-state index is 13.7. The quantitative estimate of drug-likeness (QED) is 0.446. The Morgan fingerprint density at radius 3 is 2.70 bits per heavy atom. The number of nitrogens with one attached hydrogen (secondary N) is 2. The molecule has 0 radical (unpaired) electrons. The number of likely N-dealkylation sites (tertiary alicyclic amines) is 1. The average Bonchev–Trinajstić information content (AvgIpc) is 3.57. The van der Waals surface area contributed by atoms with Crippen molar-refractivity contribution in [1.29, 1.82) is 0 Å². The number of halogens is 1. The van der Waals surface area contributed by atoms with Crippen molar-refractivity contribution in [3.05, 3.63) is 62.8 Å². The van der Waals surface area contributed by atoms with Crippen LogP contribution in [0.1, 0.15) is 60.3 Å². The van der Waals surface area contributed by atoms with Gasteiger partial charge in [-0.15, -0.1) is 0 Å². The molecule has 2 amide bonds. The largest absolute Gasteiger partial charge is 0.391 e. The number of carbonyl (C=O) groups is 2. The standard InChI is InChI=1S/C25H28ClN7O4/c1-2-3-4-15-11-32(25(37)20-9-17(34)12-33(20)24(36)19-10-27-31-30-19)13-18-21(15)28-22(29-23(18)35)14-5-7-16(26)8-6-14/h5-8,10,15,17,20,34H,2-4,9,11-13H2,1H3,(H,27,30,31)(H,28,29,35)/t15?,17-,20+/m1/s1. The average molecular weight is 526 g/mol. The van der Waals surface area contributed by atoms with Gasteiger partial charge in [0.2, 0.25) is 5.91 Å². The third-order valence-corrected chi connectivity index (χ3v) is 7.27. The van der Waals surface area contributed by atoms with Crippen LogP contribution in [0.4, 0.5) is 0 Å². The molecule has 0 saturated carbocycles. The highest BCUT2D eigenvalue weighted by atomic mass is 35.5. The smallest absolute Gasteiger partial charge is 0.276 e. The van der Waals surface area contributed by atoms with Crippen molar-refractivity contribution < 1.29 is 14.7 Å².